The number of hydrogen-bond acceptors (Lipinski definition) is 5. The van der Waals surface area contributed by atoms with Crippen molar-refractivity contribution in [1.82, 2.24) is 14.9 Å². The molecule has 3 aromatic rings. The first-order valence-corrected chi connectivity index (χ1v) is 13.0. The van der Waals surface area contributed by atoms with Crippen LogP contribution < -0.4 is 5.32 Å². The molecule has 1 aromatic carbocycles. The molecule has 2 heterocycles. The minimum atomic E-state index is -1.33. The van der Waals surface area contributed by atoms with E-state index in [2.05, 4.69) is 47.0 Å². The number of carbonyl (C=O) groups excluding carboxylic acids is 2. The van der Waals surface area contributed by atoms with Gasteiger partial charge in [-0.1, -0.05) is 26.8 Å². The number of fused-ring (bicyclic) bond motifs is 1. The Kier molecular flexibility index (Phi) is 7.36. The summed E-state index contributed by atoms with van der Waals surface area (Å²) in [5.41, 5.74) is 0.799. The van der Waals surface area contributed by atoms with Crippen molar-refractivity contribution in [3.05, 3.63) is 52.0 Å². The third-order valence-electron chi connectivity index (χ3n) is 7.19. The molecule has 1 fully saturated rings. The number of amides is 1. The van der Waals surface area contributed by atoms with Crippen LogP contribution in [0.3, 0.4) is 0 Å². The van der Waals surface area contributed by atoms with Crippen LogP contribution >= 0.6 is 11.3 Å². The SMILES string of the molecule is CCC(CC)n1c(Cc2cccs2)nc2cc(C(=O)NC3(C(=O)OF)CCC(C)CC3)ccc21. The van der Waals surface area contributed by atoms with E-state index in [4.69, 9.17) is 4.98 Å². The fourth-order valence-electron chi connectivity index (χ4n) is 5.04. The first-order valence-electron chi connectivity index (χ1n) is 12.1. The minimum absolute atomic E-state index is 0.312. The zero-order chi connectivity index (χ0) is 24.3. The number of thiophene rings is 1. The summed E-state index contributed by atoms with van der Waals surface area (Å²) in [4.78, 5) is 35.2. The number of hydrogen-bond donors (Lipinski definition) is 1. The van der Waals surface area contributed by atoms with Gasteiger partial charge in [0.05, 0.1) is 11.0 Å². The number of halogens is 1. The number of carbonyl (C=O) groups is 2. The van der Waals surface area contributed by atoms with Crippen molar-refractivity contribution in [2.45, 2.75) is 77.3 Å². The molecule has 0 unspecified atom stereocenters. The van der Waals surface area contributed by atoms with Gasteiger partial charge >= 0.3 is 5.97 Å². The Morgan fingerprint density at radius 3 is 2.62 bits per heavy atom. The van der Waals surface area contributed by atoms with Gasteiger partial charge in [-0.05, 0) is 74.1 Å². The van der Waals surface area contributed by atoms with Gasteiger partial charge in [-0.2, -0.15) is 0 Å². The lowest BCUT2D eigenvalue weighted by Gasteiger charge is -2.36. The van der Waals surface area contributed by atoms with Crippen molar-refractivity contribution >= 4 is 34.2 Å². The number of rotatable bonds is 8. The second kappa shape index (κ2) is 10.3. The second-order valence-electron chi connectivity index (χ2n) is 9.41. The lowest BCUT2D eigenvalue weighted by atomic mass is 9.77. The van der Waals surface area contributed by atoms with Crippen molar-refractivity contribution in [3.8, 4) is 0 Å². The van der Waals surface area contributed by atoms with Gasteiger partial charge in [0.1, 0.15) is 11.4 Å². The molecule has 1 aliphatic rings. The molecule has 1 aliphatic carbocycles. The molecule has 4 rings (SSSR count). The van der Waals surface area contributed by atoms with Gasteiger partial charge in [-0.25, -0.2) is 9.78 Å². The summed E-state index contributed by atoms with van der Waals surface area (Å²) in [6, 6.07) is 9.91. The molecule has 0 bridgehead atoms. The van der Waals surface area contributed by atoms with Crippen LogP contribution in [0, 0.1) is 5.92 Å². The predicted molar refractivity (Wildman–Crippen MR) is 132 cm³/mol. The van der Waals surface area contributed by atoms with Crippen LogP contribution in [0.25, 0.3) is 11.0 Å². The van der Waals surface area contributed by atoms with E-state index in [9.17, 15) is 14.1 Å². The van der Waals surface area contributed by atoms with Gasteiger partial charge < -0.3 is 9.88 Å². The van der Waals surface area contributed by atoms with Gasteiger partial charge in [0.2, 0.25) is 0 Å². The Morgan fingerprint density at radius 1 is 1.26 bits per heavy atom. The molecule has 0 atom stereocenters. The number of aromatic nitrogens is 2. The predicted octanol–water partition coefficient (Wildman–Crippen LogP) is 6.16. The Balaban J connectivity index is 1.67. The monoisotopic (exact) mass is 485 g/mol. The van der Waals surface area contributed by atoms with E-state index in [1.165, 1.54) is 4.88 Å². The maximum Gasteiger partial charge on any atom is 0.373 e. The van der Waals surface area contributed by atoms with Crippen molar-refractivity contribution in [3.63, 3.8) is 0 Å². The van der Waals surface area contributed by atoms with E-state index in [0.29, 0.717) is 30.4 Å². The van der Waals surface area contributed by atoms with E-state index >= 15 is 0 Å². The number of imidazole rings is 1. The van der Waals surface area contributed by atoms with E-state index in [0.717, 1.165) is 49.0 Å². The summed E-state index contributed by atoms with van der Waals surface area (Å²) in [6.07, 6.45) is 4.86. The normalized spacial score (nSPS) is 20.6. The summed E-state index contributed by atoms with van der Waals surface area (Å²) in [5.74, 6) is -0.0455. The Hall–Kier alpha value is -2.74. The summed E-state index contributed by atoms with van der Waals surface area (Å²) in [6.45, 7) is 6.43. The Morgan fingerprint density at radius 2 is 2.00 bits per heavy atom. The van der Waals surface area contributed by atoms with Gasteiger partial charge in [-0.3, -0.25) is 9.74 Å². The fraction of sp³-hybridized carbons (Fsp3) is 0.500. The number of nitrogens with zero attached hydrogens (tertiary/aromatic N) is 2. The van der Waals surface area contributed by atoms with Crippen LogP contribution in [0.4, 0.5) is 4.53 Å². The zero-order valence-electron chi connectivity index (χ0n) is 20.0. The first-order chi connectivity index (χ1) is 16.4. The van der Waals surface area contributed by atoms with E-state index in [1.807, 2.05) is 12.1 Å². The average molecular weight is 486 g/mol. The number of benzene rings is 1. The Labute approximate surface area is 203 Å². The van der Waals surface area contributed by atoms with Crippen LogP contribution in [0.5, 0.6) is 0 Å². The topological polar surface area (TPSA) is 73.2 Å². The van der Waals surface area contributed by atoms with Gasteiger partial charge in [-0.15, -0.1) is 11.3 Å². The molecule has 0 saturated heterocycles. The maximum absolute atomic E-state index is 13.2. The average Bonchev–Trinajstić information content (AvgIpc) is 3.49. The van der Waals surface area contributed by atoms with Crippen molar-refractivity contribution in [2.75, 3.05) is 0 Å². The van der Waals surface area contributed by atoms with E-state index in [1.54, 1.807) is 23.5 Å². The first kappa shape index (κ1) is 24.4. The molecule has 182 valence electrons. The van der Waals surface area contributed by atoms with Crippen LogP contribution in [0.1, 0.15) is 86.4 Å². The summed E-state index contributed by atoms with van der Waals surface area (Å²) < 4.78 is 15.2. The molecule has 1 amide bonds. The molecule has 1 N–H and O–H groups in total. The summed E-state index contributed by atoms with van der Waals surface area (Å²) in [5, 5.41) is 4.86. The third-order valence-corrected chi connectivity index (χ3v) is 8.06. The van der Waals surface area contributed by atoms with Gasteiger partial charge in [0.15, 0.2) is 0 Å². The fourth-order valence-corrected chi connectivity index (χ4v) is 5.74. The lowest BCUT2D eigenvalue weighted by molar-refractivity contribution is -0.193. The van der Waals surface area contributed by atoms with Crippen LogP contribution in [0.2, 0.25) is 0 Å². The molecule has 0 aliphatic heterocycles. The quantitative estimate of drug-likeness (QED) is 0.415. The van der Waals surface area contributed by atoms with Gasteiger partial charge in [0, 0.05) is 27.4 Å². The highest BCUT2D eigenvalue weighted by Crippen LogP contribution is 2.34. The molecule has 34 heavy (non-hydrogen) atoms. The lowest BCUT2D eigenvalue weighted by Crippen LogP contribution is -2.56. The zero-order valence-corrected chi connectivity index (χ0v) is 20.8. The molecule has 0 radical (unpaired) electrons. The van der Waals surface area contributed by atoms with Gasteiger partial charge in [0.25, 0.3) is 5.91 Å². The Bertz CT molecular complexity index is 1150. The van der Waals surface area contributed by atoms with Crippen molar-refractivity contribution in [1.29, 1.82) is 0 Å². The smallest absolute Gasteiger partial charge is 0.336 e. The van der Waals surface area contributed by atoms with Crippen molar-refractivity contribution in [2.24, 2.45) is 5.92 Å². The third kappa shape index (κ3) is 4.73. The molecular formula is C26H32FN3O3S. The number of nitrogens with one attached hydrogen (secondary N) is 1. The van der Waals surface area contributed by atoms with E-state index in [-0.39, 0.29) is 0 Å². The molecule has 6 nitrogen and oxygen atoms in total. The van der Waals surface area contributed by atoms with Crippen molar-refractivity contribution < 1.29 is 19.1 Å². The molecule has 8 heteroatoms. The highest BCUT2D eigenvalue weighted by Gasteiger charge is 2.44. The molecule has 0 spiro atoms. The second-order valence-corrected chi connectivity index (χ2v) is 10.4. The molecular weight excluding hydrogens is 453 g/mol. The summed E-state index contributed by atoms with van der Waals surface area (Å²) in [7, 11) is 0. The maximum atomic E-state index is 13.2. The highest BCUT2D eigenvalue weighted by atomic mass is 32.1. The van der Waals surface area contributed by atoms with Crippen LogP contribution in [-0.4, -0.2) is 27.0 Å². The largest absolute Gasteiger partial charge is 0.373 e. The minimum Gasteiger partial charge on any atom is -0.336 e. The van der Waals surface area contributed by atoms with E-state index < -0.39 is 17.4 Å². The molecule has 2 aromatic heterocycles. The molecule has 1 saturated carbocycles. The standard InChI is InChI=1S/C26H32FN3O3S/c1-4-19(5-2)30-22-9-8-18(15-21(22)28-23(30)16-20-7-6-14-34-20)24(31)29-26(25(32)33-27)12-10-17(3)11-13-26/h6-9,14-15,17,19H,4-5,10-13,16H2,1-3H3,(H,29,31). The summed E-state index contributed by atoms with van der Waals surface area (Å²) >= 11 is 1.70. The van der Waals surface area contributed by atoms with Crippen LogP contribution in [-0.2, 0) is 16.2 Å². The van der Waals surface area contributed by atoms with Crippen LogP contribution in [0.15, 0.2) is 35.7 Å². The highest BCUT2D eigenvalue weighted by molar-refractivity contribution is 7.09.